The zero-order valence-corrected chi connectivity index (χ0v) is 34.0. The third kappa shape index (κ3) is 10.1. The lowest BCUT2D eigenvalue weighted by molar-refractivity contribution is 0.0494. The van der Waals surface area contributed by atoms with E-state index in [2.05, 4.69) is 62.4 Å². The van der Waals surface area contributed by atoms with Gasteiger partial charge in [-0.1, -0.05) is 140 Å². The topological polar surface area (TPSA) is 52.6 Å². The number of ether oxygens (including phenoxy) is 2. The Morgan fingerprint density at radius 2 is 0.827 bits per heavy atom. The Morgan fingerprint density at radius 3 is 1.21 bits per heavy atom. The number of thiophene rings is 4. The molecule has 0 aliphatic carbocycles. The van der Waals surface area contributed by atoms with Gasteiger partial charge in [0.05, 0.1) is 13.2 Å². The molecule has 0 saturated heterocycles. The van der Waals surface area contributed by atoms with Crippen molar-refractivity contribution in [1.29, 1.82) is 0 Å². The van der Waals surface area contributed by atoms with E-state index in [9.17, 15) is 9.59 Å². The molecule has 2 aromatic carbocycles. The number of carbonyl (C=O) groups excluding carboxylic acids is 2. The van der Waals surface area contributed by atoms with Gasteiger partial charge in [-0.05, 0) is 59.0 Å². The van der Waals surface area contributed by atoms with Crippen molar-refractivity contribution in [2.24, 2.45) is 0 Å². The molecular weight excluding hydrogens is 721 g/mol. The highest BCUT2D eigenvalue weighted by Gasteiger charge is 2.19. The van der Waals surface area contributed by atoms with Gasteiger partial charge in [-0.25, -0.2) is 9.59 Å². The van der Waals surface area contributed by atoms with Crippen LogP contribution in [-0.4, -0.2) is 25.2 Å². The SMILES string of the molecule is CCCCCCCCCCOC(=O)c1cc2sc(-c3ccc(-c4cc5sc(C(=O)OCCCCCCCCCC)cc5s4)c4ccccc34)cc2s1. The molecule has 4 aromatic heterocycles. The Balaban J connectivity index is 1.05. The molecule has 0 aliphatic rings. The summed E-state index contributed by atoms with van der Waals surface area (Å²) in [6.45, 7) is 5.49. The summed E-state index contributed by atoms with van der Waals surface area (Å²) in [6.07, 6.45) is 19.6. The summed E-state index contributed by atoms with van der Waals surface area (Å²) >= 11 is 6.52. The molecule has 0 aliphatic heterocycles. The number of esters is 2. The lowest BCUT2D eigenvalue weighted by Crippen LogP contribution is -2.04. The van der Waals surface area contributed by atoms with Gasteiger partial charge in [0.25, 0.3) is 0 Å². The van der Waals surface area contributed by atoms with Crippen LogP contribution in [0.25, 0.3) is 50.5 Å². The van der Waals surface area contributed by atoms with Gasteiger partial charge >= 0.3 is 11.9 Å². The molecule has 0 radical (unpaired) electrons. The van der Waals surface area contributed by atoms with Crippen LogP contribution in [0.2, 0.25) is 0 Å². The van der Waals surface area contributed by atoms with Crippen molar-refractivity contribution < 1.29 is 19.1 Å². The molecule has 0 saturated carbocycles. The summed E-state index contributed by atoms with van der Waals surface area (Å²) in [5, 5.41) is 2.42. The van der Waals surface area contributed by atoms with E-state index in [1.165, 1.54) is 131 Å². The van der Waals surface area contributed by atoms with E-state index in [1.807, 2.05) is 12.1 Å². The van der Waals surface area contributed by atoms with Crippen LogP contribution >= 0.6 is 45.3 Å². The largest absolute Gasteiger partial charge is 0.462 e. The van der Waals surface area contributed by atoms with Gasteiger partial charge < -0.3 is 9.47 Å². The fourth-order valence-corrected chi connectivity index (χ4v) is 11.5. The maximum atomic E-state index is 12.8. The monoisotopic (exact) mass is 772 g/mol. The van der Waals surface area contributed by atoms with Gasteiger partial charge in [0.15, 0.2) is 0 Å². The van der Waals surface area contributed by atoms with Crippen LogP contribution in [0, 0.1) is 0 Å². The maximum Gasteiger partial charge on any atom is 0.348 e. The Labute approximate surface area is 325 Å². The second-order valence-electron chi connectivity index (χ2n) is 13.8. The van der Waals surface area contributed by atoms with Gasteiger partial charge in [-0.2, -0.15) is 0 Å². The van der Waals surface area contributed by atoms with E-state index >= 15 is 0 Å². The average Bonchev–Trinajstić information content (AvgIpc) is 3.93. The quantitative estimate of drug-likeness (QED) is 0.0509. The first kappa shape index (κ1) is 38.7. The van der Waals surface area contributed by atoms with Crippen LogP contribution in [0.3, 0.4) is 0 Å². The molecule has 6 aromatic rings. The molecule has 4 heterocycles. The number of benzene rings is 2. The summed E-state index contributed by atoms with van der Waals surface area (Å²) in [7, 11) is 0. The molecule has 0 bridgehead atoms. The van der Waals surface area contributed by atoms with Crippen molar-refractivity contribution in [2.45, 2.75) is 117 Å². The van der Waals surface area contributed by atoms with E-state index in [0.29, 0.717) is 23.0 Å². The second-order valence-corrected chi connectivity index (χ2v) is 18.2. The van der Waals surface area contributed by atoms with Crippen molar-refractivity contribution in [3.05, 3.63) is 70.4 Å². The van der Waals surface area contributed by atoms with Crippen molar-refractivity contribution in [2.75, 3.05) is 13.2 Å². The number of hydrogen-bond acceptors (Lipinski definition) is 8. The highest BCUT2D eigenvalue weighted by molar-refractivity contribution is 7.31. The van der Waals surface area contributed by atoms with Crippen LogP contribution in [0.5, 0.6) is 0 Å². The number of carbonyl (C=O) groups is 2. The minimum absolute atomic E-state index is 0.202. The highest BCUT2D eigenvalue weighted by Crippen LogP contribution is 2.45. The van der Waals surface area contributed by atoms with Gasteiger partial charge in [-0.3, -0.25) is 0 Å². The van der Waals surface area contributed by atoms with Crippen molar-refractivity contribution in [3.63, 3.8) is 0 Å². The van der Waals surface area contributed by atoms with Gasteiger partial charge in [0.2, 0.25) is 0 Å². The molecular formula is C44H52O4S4. The fourth-order valence-electron chi connectivity index (χ4n) is 6.81. The lowest BCUT2D eigenvalue weighted by atomic mass is 9.98. The van der Waals surface area contributed by atoms with Crippen molar-refractivity contribution >= 4 is 86.9 Å². The zero-order valence-electron chi connectivity index (χ0n) is 30.8. The van der Waals surface area contributed by atoms with Crippen LogP contribution < -0.4 is 0 Å². The van der Waals surface area contributed by atoms with E-state index in [0.717, 1.165) is 44.5 Å². The van der Waals surface area contributed by atoms with E-state index in [-0.39, 0.29) is 11.9 Å². The first-order valence-corrected chi connectivity index (χ1v) is 22.8. The molecule has 8 heteroatoms. The lowest BCUT2D eigenvalue weighted by Gasteiger charge is -2.09. The number of hydrogen-bond donors (Lipinski definition) is 0. The van der Waals surface area contributed by atoms with Crippen LogP contribution in [0.1, 0.15) is 136 Å². The highest BCUT2D eigenvalue weighted by atomic mass is 32.1. The van der Waals surface area contributed by atoms with Crippen LogP contribution in [0.15, 0.2) is 60.7 Å². The first-order valence-electron chi connectivity index (χ1n) is 19.5. The van der Waals surface area contributed by atoms with Crippen molar-refractivity contribution in [3.8, 4) is 20.9 Å². The van der Waals surface area contributed by atoms with Crippen LogP contribution in [-0.2, 0) is 9.47 Å². The number of rotatable bonds is 22. The Kier molecular flexibility index (Phi) is 14.8. The minimum Gasteiger partial charge on any atom is -0.462 e. The first-order chi connectivity index (χ1) is 25.6. The Bertz CT molecular complexity index is 1830. The molecule has 52 heavy (non-hydrogen) atoms. The van der Waals surface area contributed by atoms with E-state index in [1.54, 1.807) is 22.7 Å². The predicted molar refractivity (Wildman–Crippen MR) is 227 cm³/mol. The van der Waals surface area contributed by atoms with Gasteiger partial charge in [0, 0.05) is 28.6 Å². The number of fused-ring (bicyclic) bond motifs is 3. The third-order valence-electron chi connectivity index (χ3n) is 9.73. The molecule has 0 unspecified atom stereocenters. The van der Waals surface area contributed by atoms with Crippen molar-refractivity contribution in [1.82, 2.24) is 0 Å². The molecule has 6 rings (SSSR count). The number of unbranched alkanes of at least 4 members (excludes halogenated alkanes) is 14. The molecule has 4 nitrogen and oxygen atoms in total. The van der Waals surface area contributed by atoms with Gasteiger partial charge in [0.1, 0.15) is 9.75 Å². The van der Waals surface area contributed by atoms with Gasteiger partial charge in [-0.15, -0.1) is 45.3 Å². The van der Waals surface area contributed by atoms with E-state index < -0.39 is 0 Å². The Morgan fingerprint density at radius 1 is 0.462 bits per heavy atom. The molecule has 0 spiro atoms. The maximum absolute atomic E-state index is 12.8. The standard InChI is InChI=1S/C44H52O4S4/c1-3-5-7-9-11-13-15-19-25-47-43(45)41-29-39-37(51-41)27-35(49-39)33-23-24-34(32-22-18-17-21-31(32)33)36-28-38-40(50-36)30-42(52-38)44(46)48-26-20-16-14-12-10-8-6-4-2/h17-18,21-24,27-30H,3-16,19-20,25-26H2,1-2H3. The Hall–Kier alpha value is -3.04. The molecule has 276 valence electrons. The summed E-state index contributed by atoms with van der Waals surface area (Å²) in [5.41, 5.74) is 2.40. The van der Waals surface area contributed by atoms with Crippen LogP contribution in [0.4, 0.5) is 0 Å². The molecule has 0 amide bonds. The molecule has 0 fully saturated rings. The third-order valence-corrected chi connectivity index (χ3v) is 14.3. The predicted octanol–water partition coefficient (Wildman–Crippen LogP) is 15.3. The smallest absolute Gasteiger partial charge is 0.348 e. The normalized spacial score (nSPS) is 11.7. The molecule has 0 atom stereocenters. The summed E-state index contributed by atoms with van der Waals surface area (Å²) in [6, 6.07) is 21.5. The average molecular weight is 773 g/mol. The second kappa shape index (κ2) is 19.9. The summed E-state index contributed by atoms with van der Waals surface area (Å²) in [5.74, 6) is -0.405. The fraction of sp³-hybridized carbons (Fsp3) is 0.455. The molecule has 0 N–H and O–H groups in total. The summed E-state index contributed by atoms with van der Waals surface area (Å²) < 4.78 is 15.7. The zero-order chi connectivity index (χ0) is 36.1. The minimum atomic E-state index is -0.202. The van der Waals surface area contributed by atoms with E-state index in [4.69, 9.17) is 9.47 Å². The summed E-state index contributed by atoms with van der Waals surface area (Å²) in [4.78, 5) is 29.4.